The number of halogens is 1. The molecule has 10 heavy (non-hydrogen) atoms. The van der Waals surface area contributed by atoms with Gasteiger partial charge in [-0.25, -0.2) is 0 Å². The molecular weight excluding hydrogens is 160 g/mol. The van der Waals surface area contributed by atoms with E-state index in [0.717, 1.165) is 5.02 Å². The predicted octanol–water partition coefficient (Wildman–Crippen LogP) is 2.30. The van der Waals surface area contributed by atoms with Gasteiger partial charge in [0.1, 0.15) is 0 Å². The number of hydrogen-bond donors (Lipinski definition) is 0. The van der Waals surface area contributed by atoms with Gasteiger partial charge in [0.15, 0.2) is 0 Å². The fourth-order valence-electron chi connectivity index (χ4n) is 0.783. The molecule has 0 aliphatic carbocycles. The fraction of sp³-hybridized carbons (Fsp3) is 0.250. The summed E-state index contributed by atoms with van der Waals surface area (Å²) in [4.78, 5) is 0. The standard InChI is InChI=1S/C8H10ClSi/c1-10(2)8-5-3-7(9)4-6-8/h3-6H,1-2H3/q+1. The van der Waals surface area contributed by atoms with Crippen molar-refractivity contribution in [3.8, 4) is 0 Å². The van der Waals surface area contributed by atoms with Gasteiger partial charge in [-0.3, -0.25) is 0 Å². The molecule has 52 valence electrons. The third-order valence-corrected chi connectivity index (χ3v) is 3.16. The lowest BCUT2D eigenvalue weighted by molar-refractivity contribution is 1.74. The smallest absolute Gasteiger partial charge is 0.0843 e. The van der Waals surface area contributed by atoms with E-state index in [2.05, 4.69) is 25.2 Å². The van der Waals surface area contributed by atoms with E-state index in [1.165, 1.54) is 5.19 Å². The van der Waals surface area contributed by atoms with Crippen LogP contribution in [0.25, 0.3) is 0 Å². The second kappa shape index (κ2) is 3.22. The van der Waals surface area contributed by atoms with Crippen molar-refractivity contribution >= 4 is 25.6 Å². The molecule has 0 nitrogen and oxygen atoms in total. The minimum Gasteiger partial charge on any atom is -0.0843 e. The monoisotopic (exact) mass is 169 g/mol. The van der Waals surface area contributed by atoms with Gasteiger partial charge < -0.3 is 0 Å². The Morgan fingerprint density at radius 2 is 1.60 bits per heavy atom. The van der Waals surface area contributed by atoms with Gasteiger partial charge in [0, 0.05) is 5.02 Å². The van der Waals surface area contributed by atoms with E-state index in [9.17, 15) is 0 Å². The van der Waals surface area contributed by atoms with Crippen LogP contribution in [0.2, 0.25) is 18.1 Å². The summed E-state index contributed by atoms with van der Waals surface area (Å²) in [5.74, 6) is 0. The molecule has 1 aromatic rings. The van der Waals surface area contributed by atoms with Crippen molar-refractivity contribution in [2.45, 2.75) is 13.1 Å². The third-order valence-electron chi connectivity index (χ3n) is 1.42. The maximum Gasteiger partial charge on any atom is 0.345 e. The SMILES string of the molecule is C[Si+](C)c1ccc(Cl)cc1. The first-order valence-corrected chi connectivity index (χ1v) is 6.14. The summed E-state index contributed by atoms with van der Waals surface area (Å²) in [7, 11) is -0.287. The van der Waals surface area contributed by atoms with Crippen molar-refractivity contribution in [3.63, 3.8) is 0 Å². The number of rotatable bonds is 1. The summed E-state index contributed by atoms with van der Waals surface area (Å²) < 4.78 is 0. The van der Waals surface area contributed by atoms with Crippen LogP contribution in [-0.4, -0.2) is 8.80 Å². The third kappa shape index (κ3) is 1.86. The molecule has 0 aromatic heterocycles. The molecule has 0 aliphatic rings. The summed E-state index contributed by atoms with van der Waals surface area (Å²) in [5, 5.41) is 2.27. The summed E-state index contributed by atoms with van der Waals surface area (Å²) in [6.45, 7) is 4.54. The van der Waals surface area contributed by atoms with Gasteiger partial charge in [-0.15, -0.1) is 0 Å². The molecule has 0 amide bonds. The summed E-state index contributed by atoms with van der Waals surface area (Å²) in [6, 6.07) is 8.12. The van der Waals surface area contributed by atoms with Gasteiger partial charge in [-0.05, 0) is 24.3 Å². The van der Waals surface area contributed by atoms with Crippen LogP contribution in [0.1, 0.15) is 0 Å². The van der Waals surface area contributed by atoms with Crippen LogP contribution in [0.15, 0.2) is 24.3 Å². The van der Waals surface area contributed by atoms with Crippen LogP contribution < -0.4 is 5.19 Å². The first kappa shape index (κ1) is 7.83. The highest BCUT2D eigenvalue weighted by Crippen LogP contribution is 2.03. The van der Waals surface area contributed by atoms with E-state index < -0.39 is 0 Å². The molecule has 0 N–H and O–H groups in total. The molecule has 0 radical (unpaired) electrons. The average Bonchev–Trinajstić information content (AvgIpc) is 1.88. The topological polar surface area (TPSA) is 0 Å². The first-order chi connectivity index (χ1) is 4.70. The lowest BCUT2D eigenvalue weighted by atomic mass is 10.4. The number of benzene rings is 1. The van der Waals surface area contributed by atoms with Crippen LogP contribution in [0.5, 0.6) is 0 Å². The van der Waals surface area contributed by atoms with Crippen molar-refractivity contribution in [1.29, 1.82) is 0 Å². The minimum absolute atomic E-state index is 0.287. The molecule has 2 heteroatoms. The zero-order valence-corrected chi connectivity index (χ0v) is 7.94. The molecule has 0 atom stereocenters. The summed E-state index contributed by atoms with van der Waals surface area (Å²) in [6.07, 6.45) is 0. The van der Waals surface area contributed by atoms with Crippen molar-refractivity contribution in [1.82, 2.24) is 0 Å². The molecule has 0 aliphatic heterocycles. The Balaban J connectivity index is 2.89. The summed E-state index contributed by atoms with van der Waals surface area (Å²) >= 11 is 5.73. The van der Waals surface area contributed by atoms with E-state index in [1.54, 1.807) is 0 Å². The van der Waals surface area contributed by atoms with Gasteiger partial charge in [0.2, 0.25) is 0 Å². The van der Waals surface area contributed by atoms with Gasteiger partial charge in [0.05, 0.1) is 18.3 Å². The van der Waals surface area contributed by atoms with E-state index >= 15 is 0 Å². The van der Waals surface area contributed by atoms with Crippen LogP contribution in [0, 0.1) is 0 Å². The Bertz CT molecular complexity index is 203. The lowest BCUT2D eigenvalue weighted by Gasteiger charge is -1.90. The Kier molecular flexibility index (Phi) is 2.52. The lowest BCUT2D eigenvalue weighted by Crippen LogP contribution is -2.21. The highest BCUT2D eigenvalue weighted by molar-refractivity contribution is 6.70. The molecule has 0 spiro atoms. The molecule has 0 fully saturated rings. The second-order valence-corrected chi connectivity index (χ2v) is 5.52. The second-order valence-electron chi connectivity index (χ2n) is 2.51. The van der Waals surface area contributed by atoms with Crippen molar-refractivity contribution in [3.05, 3.63) is 29.3 Å². The van der Waals surface area contributed by atoms with E-state index in [1.807, 2.05) is 12.1 Å². The fourth-order valence-corrected chi connectivity index (χ4v) is 1.74. The molecule has 0 unspecified atom stereocenters. The van der Waals surface area contributed by atoms with Crippen molar-refractivity contribution < 1.29 is 0 Å². The highest BCUT2D eigenvalue weighted by Gasteiger charge is 2.13. The average molecular weight is 170 g/mol. The highest BCUT2D eigenvalue weighted by atomic mass is 35.5. The van der Waals surface area contributed by atoms with E-state index in [4.69, 9.17) is 11.6 Å². The number of hydrogen-bond acceptors (Lipinski definition) is 0. The van der Waals surface area contributed by atoms with Crippen molar-refractivity contribution in [2.75, 3.05) is 0 Å². The van der Waals surface area contributed by atoms with Crippen LogP contribution in [-0.2, 0) is 0 Å². The van der Waals surface area contributed by atoms with E-state index in [0.29, 0.717) is 0 Å². The molecule has 0 saturated heterocycles. The first-order valence-electron chi connectivity index (χ1n) is 3.26. The maximum atomic E-state index is 5.73. The Labute approximate surface area is 68.4 Å². The zero-order chi connectivity index (χ0) is 7.56. The molecule has 0 bridgehead atoms. The normalized spacial score (nSPS) is 9.50. The maximum absolute atomic E-state index is 5.73. The Morgan fingerprint density at radius 3 is 2.00 bits per heavy atom. The van der Waals surface area contributed by atoms with Crippen molar-refractivity contribution in [2.24, 2.45) is 0 Å². The van der Waals surface area contributed by atoms with E-state index in [-0.39, 0.29) is 8.80 Å². The molecular formula is C8H10ClSi+. The zero-order valence-electron chi connectivity index (χ0n) is 6.19. The molecule has 1 aromatic carbocycles. The quantitative estimate of drug-likeness (QED) is 0.566. The largest absolute Gasteiger partial charge is 0.345 e. The molecule has 1 rings (SSSR count). The van der Waals surface area contributed by atoms with Crippen LogP contribution in [0.4, 0.5) is 0 Å². The minimum atomic E-state index is -0.287. The van der Waals surface area contributed by atoms with Gasteiger partial charge >= 0.3 is 8.80 Å². The van der Waals surface area contributed by atoms with Gasteiger partial charge in [-0.2, -0.15) is 0 Å². The predicted molar refractivity (Wildman–Crippen MR) is 48.6 cm³/mol. The summed E-state index contributed by atoms with van der Waals surface area (Å²) in [5.41, 5.74) is 0. The van der Waals surface area contributed by atoms with Crippen LogP contribution in [0.3, 0.4) is 0 Å². The Morgan fingerprint density at radius 1 is 1.10 bits per heavy atom. The van der Waals surface area contributed by atoms with Crippen LogP contribution >= 0.6 is 11.6 Å². The Hall–Kier alpha value is -0.273. The molecule has 0 saturated carbocycles. The van der Waals surface area contributed by atoms with Gasteiger partial charge in [-0.1, -0.05) is 11.6 Å². The molecule has 0 heterocycles. The van der Waals surface area contributed by atoms with Gasteiger partial charge in [0.25, 0.3) is 0 Å².